The van der Waals surface area contributed by atoms with Crippen LogP contribution < -0.4 is 26.2 Å². The molecule has 10 aromatic carbocycles. The third-order valence-electron chi connectivity index (χ3n) is 17.7. The van der Waals surface area contributed by atoms with Gasteiger partial charge in [-0.15, -0.1) is 0 Å². The van der Waals surface area contributed by atoms with Gasteiger partial charge in [-0.1, -0.05) is 262 Å². The lowest BCUT2D eigenvalue weighted by molar-refractivity contribution is 0.838. The Morgan fingerprint density at radius 1 is 0.276 bits per heavy atom. The zero-order chi connectivity index (χ0) is 75.2. The van der Waals surface area contributed by atoms with Crippen LogP contribution in [0.5, 0.6) is 0 Å². The second-order valence-electron chi connectivity index (χ2n) is 26.2. The van der Waals surface area contributed by atoms with Crippen LogP contribution in [0.3, 0.4) is 0 Å². The normalized spacial score (nSPS) is 15.5. The number of benzene rings is 10. The van der Waals surface area contributed by atoms with Crippen LogP contribution in [0.4, 0.5) is 34.1 Å². The van der Waals surface area contributed by atoms with E-state index in [9.17, 15) is 21.9 Å². The van der Waals surface area contributed by atoms with Crippen molar-refractivity contribution in [1.29, 1.82) is 0 Å². The number of nitrogens with zero attached hydrogens (tertiary/aromatic N) is 2. The Morgan fingerprint density at radius 3 is 0.839 bits per heavy atom. The maximum Gasteiger partial charge on any atom is 0.252 e. The highest BCUT2D eigenvalue weighted by Crippen LogP contribution is 2.50. The minimum atomic E-state index is -1.49. The van der Waals surface area contributed by atoms with Crippen LogP contribution >= 0.6 is 0 Å². The van der Waals surface area contributed by atoms with E-state index >= 15 is 0 Å². The van der Waals surface area contributed by atoms with Crippen molar-refractivity contribution in [3.05, 3.63) is 244 Å². The Hall–Kier alpha value is -8.14. The zero-order valence-electron chi connectivity index (χ0n) is 69.4. The third kappa shape index (κ3) is 10.6. The highest BCUT2D eigenvalue weighted by Gasteiger charge is 2.44. The highest BCUT2D eigenvalue weighted by atomic mass is 15.2. The smallest absolute Gasteiger partial charge is 0.252 e. The Kier molecular flexibility index (Phi) is 11.7. The summed E-state index contributed by atoms with van der Waals surface area (Å²) in [5.74, 6) is -1.26. The van der Waals surface area contributed by atoms with Crippen molar-refractivity contribution in [2.75, 3.05) is 9.80 Å². The molecule has 0 saturated heterocycles. The van der Waals surface area contributed by atoms with Gasteiger partial charge in [0, 0.05) is 34.1 Å². The van der Waals surface area contributed by atoms with E-state index < -0.39 is 79.2 Å². The van der Waals surface area contributed by atoms with E-state index in [-0.39, 0.29) is 155 Å². The summed E-state index contributed by atoms with van der Waals surface area (Å²) in [5, 5.41) is 0. The predicted octanol–water partition coefficient (Wildman–Crippen LogP) is 23.1. The van der Waals surface area contributed by atoms with Crippen molar-refractivity contribution in [3.63, 3.8) is 0 Å². The molecule has 0 saturated carbocycles. The fourth-order valence-electron chi connectivity index (χ4n) is 13.4. The molecule has 0 atom stereocenters. The fraction of sp³-hybridized carbons (Fsp3) is 0.286. The molecule has 0 N–H and O–H groups in total. The van der Waals surface area contributed by atoms with Gasteiger partial charge in [0.1, 0.15) is 0 Å². The van der Waals surface area contributed by atoms with Crippen molar-refractivity contribution < 1.29 is 21.9 Å². The minimum absolute atomic E-state index is 0.00000472. The molecule has 2 heterocycles. The lowest BCUT2D eigenvalue weighted by atomic mass is 9.33. The minimum Gasteiger partial charge on any atom is -0.311 e. The van der Waals surface area contributed by atoms with E-state index in [1.54, 1.807) is 18.2 Å². The summed E-state index contributed by atoms with van der Waals surface area (Å²) in [7, 11) is 0. The van der Waals surface area contributed by atoms with E-state index in [1.807, 2.05) is 184 Å². The average molecular weight is 1150 g/mol. The molecular weight excluding hydrogens is 1050 g/mol. The Morgan fingerprint density at radius 2 is 0.552 bits per heavy atom. The summed E-state index contributed by atoms with van der Waals surface area (Å²) in [4.78, 5) is 2.81. The molecule has 0 aromatic heterocycles. The van der Waals surface area contributed by atoms with Crippen molar-refractivity contribution >= 4 is 57.2 Å². The monoisotopic (exact) mass is 1150 g/mol. The van der Waals surface area contributed by atoms with Gasteiger partial charge in [-0.2, -0.15) is 0 Å². The van der Waals surface area contributed by atoms with Crippen LogP contribution in [0, 0.1) is 0 Å². The molecule has 0 amide bonds. The molecule has 2 aliphatic heterocycles. The quantitative estimate of drug-likeness (QED) is 0.0944. The van der Waals surface area contributed by atoms with Crippen molar-refractivity contribution in [1.82, 2.24) is 0 Å². The molecule has 2 nitrogen and oxygen atoms in total. The number of fused-ring (bicyclic) bond motifs is 4. The SMILES string of the molecule is [2H]c1cccc([2H])c1-c1cc2c3c(c1)N(c1c([2H])c([2H])c(-c4c(C(C)C)cccc4C(C)C)c([2H])c1[2H])c1c([2H])c([2H])c(-c4c(C(C)C)cccc4C(C)C)c([2H])c1B3c1c([2H])c(-c3c(C(C)C)cccc3C(C)C)c([2H])c([2H])c1N2c1c([2H])c([2H])c(-c2c(C(C)C)cccc2C(C)C)c([2H])c1[2H]. The van der Waals surface area contributed by atoms with Gasteiger partial charge in [-0.25, -0.2) is 0 Å². The lowest BCUT2D eigenvalue weighted by Crippen LogP contribution is -2.61. The van der Waals surface area contributed by atoms with Gasteiger partial charge in [0.25, 0.3) is 6.71 Å². The first-order chi connectivity index (χ1) is 48.5. The van der Waals surface area contributed by atoms with Crippen LogP contribution in [0.15, 0.2) is 200 Å². The van der Waals surface area contributed by atoms with Crippen molar-refractivity contribution in [2.45, 2.75) is 158 Å². The van der Waals surface area contributed by atoms with Gasteiger partial charge < -0.3 is 9.80 Å². The standard InChI is InChI=1S/C84H89BN2/c1-50(2)66-26-20-27-67(51(3)4)80(66)59-34-40-64(41-35-59)86-76-44-38-61(82-70(54(9)10)30-22-31-71(82)55(11)12)46-74(76)85-75-47-62(83-72(56(13)14)32-23-33-73(83)57(15)16)39-45-77(75)87(79-49-63(48-78(86)84(79)85)58-24-18-17-19-25-58)65-42-36-60(37-43-65)81-68(52(5)6)28-21-29-69(81)53(7)8/h17-57H,1-16H3/i24D,25D,34D,35D,36D,37D,38D,39D,40D,41D,42D,43D,44D,45D,46D,47D. The molecule has 10 aromatic rings. The van der Waals surface area contributed by atoms with Gasteiger partial charge in [0.2, 0.25) is 0 Å². The maximum atomic E-state index is 11.3. The van der Waals surface area contributed by atoms with Crippen molar-refractivity contribution in [2.24, 2.45) is 0 Å². The molecule has 87 heavy (non-hydrogen) atoms. The molecule has 0 fully saturated rings. The van der Waals surface area contributed by atoms with Crippen LogP contribution in [0.25, 0.3) is 55.6 Å². The average Bonchev–Trinajstić information content (AvgIpc) is 0.671. The van der Waals surface area contributed by atoms with Crippen LogP contribution in [-0.2, 0) is 0 Å². The van der Waals surface area contributed by atoms with E-state index in [2.05, 4.69) is 0 Å². The maximum absolute atomic E-state index is 11.3. The summed E-state index contributed by atoms with van der Waals surface area (Å²) in [6.45, 7) is 30.7. The first kappa shape index (κ1) is 42.7. The number of rotatable bonds is 15. The molecule has 0 radical (unpaired) electrons. The van der Waals surface area contributed by atoms with Crippen LogP contribution in [0.2, 0.25) is 0 Å². The summed E-state index contributed by atoms with van der Waals surface area (Å²) in [5.41, 5.74) is 7.88. The largest absolute Gasteiger partial charge is 0.311 e. The van der Waals surface area contributed by atoms with Crippen LogP contribution in [-0.4, -0.2) is 6.71 Å². The van der Waals surface area contributed by atoms with E-state index in [0.29, 0.717) is 22.3 Å². The Labute approximate surface area is 545 Å². The summed E-state index contributed by atoms with van der Waals surface area (Å²) < 4.78 is 169. The summed E-state index contributed by atoms with van der Waals surface area (Å²) in [6, 6.07) is 24.7. The van der Waals surface area contributed by atoms with Gasteiger partial charge in [-0.3, -0.25) is 0 Å². The van der Waals surface area contributed by atoms with Crippen molar-refractivity contribution in [3.8, 4) is 55.6 Å². The van der Waals surface area contributed by atoms with E-state index in [1.165, 1.54) is 21.9 Å². The first-order valence-corrected chi connectivity index (χ1v) is 31.4. The molecule has 0 aliphatic carbocycles. The summed E-state index contributed by atoms with van der Waals surface area (Å²) >= 11 is 0. The predicted molar refractivity (Wildman–Crippen MR) is 380 cm³/mol. The van der Waals surface area contributed by atoms with Gasteiger partial charge in [0.05, 0.1) is 21.9 Å². The highest BCUT2D eigenvalue weighted by molar-refractivity contribution is 7.00. The molecule has 12 rings (SSSR count). The molecule has 2 aliphatic rings. The molecule has 0 bridgehead atoms. The van der Waals surface area contributed by atoms with E-state index in [0.717, 1.165) is 44.5 Å². The molecule has 0 unspecified atom stereocenters. The Balaban J connectivity index is 1.38. The summed E-state index contributed by atoms with van der Waals surface area (Å²) in [6.07, 6.45) is 0. The zero-order valence-corrected chi connectivity index (χ0v) is 53.4. The Bertz CT molecular complexity index is 4710. The molecule has 438 valence electrons. The lowest BCUT2D eigenvalue weighted by Gasteiger charge is -2.45. The number of hydrogen-bond donors (Lipinski definition) is 0. The van der Waals surface area contributed by atoms with Crippen LogP contribution in [0.1, 0.15) is 225 Å². The van der Waals surface area contributed by atoms with Gasteiger partial charge in [-0.05, 0) is 212 Å². The second kappa shape index (κ2) is 23.9. The van der Waals surface area contributed by atoms with Gasteiger partial charge >= 0.3 is 0 Å². The van der Waals surface area contributed by atoms with Gasteiger partial charge in [0.15, 0.2) is 0 Å². The first-order valence-electron chi connectivity index (χ1n) is 39.4. The van der Waals surface area contributed by atoms with E-state index in [4.69, 9.17) is 0 Å². The molecule has 3 heteroatoms. The molecular formula is C84H89BN2. The third-order valence-corrected chi connectivity index (χ3v) is 17.7. The second-order valence-corrected chi connectivity index (χ2v) is 26.2. The number of anilines is 6. The number of hydrogen-bond acceptors (Lipinski definition) is 2. The fourth-order valence-corrected chi connectivity index (χ4v) is 13.4. The molecule has 0 spiro atoms. The topological polar surface area (TPSA) is 6.48 Å².